The highest BCUT2D eigenvalue weighted by Crippen LogP contribution is 2.31. The van der Waals surface area contributed by atoms with Crippen LogP contribution in [0.4, 0.5) is 13.2 Å². The van der Waals surface area contributed by atoms with Gasteiger partial charge in [-0.2, -0.15) is 13.2 Å². The monoisotopic (exact) mass is 363 g/mol. The molecule has 0 atom stereocenters. The van der Waals surface area contributed by atoms with Gasteiger partial charge in [-0.15, -0.1) is 0 Å². The van der Waals surface area contributed by atoms with E-state index in [9.17, 15) is 18.0 Å². The average molecular weight is 364 g/mol. The second-order valence-electron chi connectivity index (χ2n) is 5.54. The smallest absolute Gasteiger partial charge is 0.350 e. The van der Waals surface area contributed by atoms with Gasteiger partial charge in [-0.3, -0.25) is 4.79 Å². The molecule has 1 aromatic carbocycles. The molecule has 0 saturated heterocycles. The van der Waals surface area contributed by atoms with Gasteiger partial charge in [0.1, 0.15) is 0 Å². The highest BCUT2D eigenvalue weighted by Gasteiger charge is 2.34. The molecule has 0 aromatic heterocycles. The normalized spacial score (nSPS) is 17.7. The molecule has 0 heterocycles. The van der Waals surface area contributed by atoms with Crippen LogP contribution in [0.25, 0.3) is 0 Å². The molecule has 21 heavy (non-hydrogen) atoms. The molecule has 1 aliphatic carbocycles. The summed E-state index contributed by atoms with van der Waals surface area (Å²) < 4.78 is 37.4. The molecule has 0 aliphatic heterocycles. The van der Waals surface area contributed by atoms with E-state index in [1.807, 2.05) is 0 Å². The summed E-state index contributed by atoms with van der Waals surface area (Å²) in [6, 6.07) is 4.74. The van der Waals surface area contributed by atoms with Gasteiger partial charge in [-0.25, -0.2) is 0 Å². The van der Waals surface area contributed by atoms with E-state index >= 15 is 0 Å². The first kappa shape index (κ1) is 16.3. The Morgan fingerprint density at radius 3 is 2.24 bits per heavy atom. The van der Waals surface area contributed by atoms with E-state index < -0.39 is 11.7 Å². The van der Waals surface area contributed by atoms with Gasteiger partial charge in [0.15, 0.2) is 0 Å². The fourth-order valence-electron chi connectivity index (χ4n) is 2.68. The van der Waals surface area contributed by atoms with E-state index in [0.29, 0.717) is 10.9 Å². The number of nitrogens with one attached hydrogen (secondary N) is 1. The van der Waals surface area contributed by atoms with Crippen LogP contribution in [0.2, 0.25) is 0 Å². The first-order valence-electron chi connectivity index (χ1n) is 6.88. The van der Waals surface area contributed by atoms with Gasteiger partial charge in [0, 0.05) is 10.9 Å². The van der Waals surface area contributed by atoms with Crippen molar-refractivity contribution in [1.82, 2.24) is 5.32 Å². The van der Waals surface area contributed by atoms with E-state index in [2.05, 4.69) is 21.2 Å². The Morgan fingerprint density at radius 2 is 1.76 bits per heavy atom. The number of halogens is 4. The Hall–Kier alpha value is -1.04. The van der Waals surface area contributed by atoms with Crippen molar-refractivity contribution in [1.29, 1.82) is 0 Å². The minimum Gasteiger partial charge on any atom is -0.350 e. The van der Waals surface area contributed by atoms with Crippen LogP contribution in [-0.2, 0) is 17.4 Å². The summed E-state index contributed by atoms with van der Waals surface area (Å²) in [5, 5.41) is 3.73. The van der Waals surface area contributed by atoms with Crippen molar-refractivity contribution in [2.45, 2.75) is 43.8 Å². The number of carbonyl (C=O) groups is 1. The first-order chi connectivity index (χ1) is 9.85. The van der Waals surface area contributed by atoms with Gasteiger partial charge >= 0.3 is 6.18 Å². The zero-order chi connectivity index (χ0) is 15.5. The van der Waals surface area contributed by atoms with Crippen LogP contribution in [0.1, 0.15) is 36.8 Å². The molecule has 1 saturated carbocycles. The third kappa shape index (κ3) is 4.22. The Morgan fingerprint density at radius 1 is 1.19 bits per heavy atom. The summed E-state index contributed by atoms with van der Waals surface area (Å²) in [7, 11) is 0. The van der Waals surface area contributed by atoms with E-state index in [1.165, 1.54) is 12.1 Å². The molecule has 6 heteroatoms. The van der Waals surface area contributed by atoms with Crippen molar-refractivity contribution < 1.29 is 18.0 Å². The zero-order valence-corrected chi connectivity index (χ0v) is 13.1. The maximum Gasteiger partial charge on any atom is 0.416 e. The molecule has 0 radical (unpaired) electrons. The molecule has 2 rings (SSSR count). The Bertz CT molecular complexity index is 493. The number of hydrogen-bond acceptors (Lipinski definition) is 1. The van der Waals surface area contributed by atoms with Crippen LogP contribution in [0, 0.1) is 0 Å². The Balaban J connectivity index is 1.96. The predicted molar refractivity (Wildman–Crippen MR) is 78.3 cm³/mol. The van der Waals surface area contributed by atoms with E-state index in [1.54, 1.807) is 0 Å². The molecule has 116 valence electrons. The maximum atomic E-state index is 12.5. The molecule has 1 amide bonds. The summed E-state index contributed by atoms with van der Waals surface area (Å²) in [4.78, 5) is 12.1. The number of carbonyl (C=O) groups excluding carboxylic acids is 1. The molecular weight excluding hydrogens is 347 g/mol. The second kappa shape index (κ2) is 6.38. The molecule has 0 bridgehead atoms. The van der Waals surface area contributed by atoms with Crippen LogP contribution in [0.5, 0.6) is 0 Å². The van der Waals surface area contributed by atoms with Crippen molar-refractivity contribution in [3.8, 4) is 0 Å². The van der Waals surface area contributed by atoms with Crippen LogP contribution in [0.15, 0.2) is 24.3 Å². The highest BCUT2D eigenvalue weighted by molar-refractivity contribution is 9.09. The first-order valence-corrected chi connectivity index (χ1v) is 8.00. The van der Waals surface area contributed by atoms with Gasteiger partial charge in [-0.05, 0) is 30.5 Å². The van der Waals surface area contributed by atoms with Gasteiger partial charge in [0.25, 0.3) is 0 Å². The van der Waals surface area contributed by atoms with E-state index in [0.717, 1.165) is 37.8 Å². The van der Waals surface area contributed by atoms with Gasteiger partial charge in [0.2, 0.25) is 5.91 Å². The third-order valence-electron chi connectivity index (χ3n) is 3.87. The predicted octanol–water partition coefficient (Wildman–Crippen LogP) is 4.07. The van der Waals surface area contributed by atoms with Crippen LogP contribution < -0.4 is 5.32 Å². The summed E-state index contributed by atoms with van der Waals surface area (Å²) in [6.45, 7) is 0. The van der Waals surface area contributed by atoms with Crippen molar-refractivity contribution in [3.05, 3.63) is 35.4 Å². The van der Waals surface area contributed by atoms with Crippen LogP contribution in [-0.4, -0.2) is 16.8 Å². The third-order valence-corrected chi connectivity index (χ3v) is 4.94. The standard InChI is InChI=1S/C15H17BrF3NO/c16-10-14(7-1-2-8-14)20-13(21)9-11-3-5-12(6-4-11)15(17,18)19/h3-6H,1-2,7-10H2,(H,20,21). The second-order valence-corrected chi connectivity index (χ2v) is 6.10. The van der Waals surface area contributed by atoms with Gasteiger partial charge in [0.05, 0.1) is 12.0 Å². The van der Waals surface area contributed by atoms with Crippen molar-refractivity contribution in [2.75, 3.05) is 5.33 Å². The number of benzene rings is 1. The number of rotatable bonds is 4. The zero-order valence-electron chi connectivity index (χ0n) is 11.5. The minimum atomic E-state index is -4.34. The molecule has 1 fully saturated rings. The molecule has 1 aromatic rings. The Kier molecular flexibility index (Phi) is 4.96. The molecule has 1 N–H and O–H groups in total. The molecule has 0 unspecified atom stereocenters. The fourth-order valence-corrected chi connectivity index (χ4v) is 3.38. The molecule has 1 aliphatic rings. The lowest BCUT2D eigenvalue weighted by atomic mass is 10.00. The molecular formula is C15H17BrF3NO. The lowest BCUT2D eigenvalue weighted by molar-refractivity contribution is -0.137. The summed E-state index contributed by atoms with van der Waals surface area (Å²) >= 11 is 3.44. The summed E-state index contributed by atoms with van der Waals surface area (Å²) in [6.07, 6.45) is -0.177. The SMILES string of the molecule is O=C(Cc1ccc(C(F)(F)F)cc1)NC1(CBr)CCCC1. The van der Waals surface area contributed by atoms with Crippen LogP contribution >= 0.6 is 15.9 Å². The molecule has 2 nitrogen and oxygen atoms in total. The van der Waals surface area contributed by atoms with E-state index in [-0.39, 0.29) is 17.9 Å². The van der Waals surface area contributed by atoms with Gasteiger partial charge < -0.3 is 5.32 Å². The van der Waals surface area contributed by atoms with Gasteiger partial charge in [-0.1, -0.05) is 40.9 Å². The fraction of sp³-hybridized carbons (Fsp3) is 0.533. The summed E-state index contributed by atoms with van der Waals surface area (Å²) in [5.41, 5.74) is -0.300. The minimum absolute atomic E-state index is 0.104. The average Bonchev–Trinajstić information content (AvgIpc) is 2.87. The lowest BCUT2D eigenvalue weighted by Crippen LogP contribution is -2.48. The van der Waals surface area contributed by atoms with Crippen molar-refractivity contribution >= 4 is 21.8 Å². The maximum absolute atomic E-state index is 12.5. The van der Waals surface area contributed by atoms with E-state index in [4.69, 9.17) is 0 Å². The topological polar surface area (TPSA) is 29.1 Å². The molecule has 0 spiro atoms. The summed E-state index contributed by atoms with van der Waals surface area (Å²) in [5.74, 6) is -0.142. The van der Waals surface area contributed by atoms with Crippen molar-refractivity contribution in [2.24, 2.45) is 0 Å². The lowest BCUT2D eigenvalue weighted by Gasteiger charge is -2.28. The van der Waals surface area contributed by atoms with Crippen molar-refractivity contribution in [3.63, 3.8) is 0 Å². The highest BCUT2D eigenvalue weighted by atomic mass is 79.9. The quantitative estimate of drug-likeness (QED) is 0.802. The number of amides is 1. The Labute approximate surface area is 130 Å². The van der Waals surface area contributed by atoms with Crippen LogP contribution in [0.3, 0.4) is 0 Å². The number of alkyl halides is 4. The number of hydrogen-bond donors (Lipinski definition) is 1. The largest absolute Gasteiger partial charge is 0.416 e.